The van der Waals surface area contributed by atoms with E-state index in [0.717, 1.165) is 76.8 Å². The molecule has 36 heavy (non-hydrogen) atoms. The molecular formula is C26H31N7O2S. The van der Waals surface area contributed by atoms with Gasteiger partial charge in [0.2, 0.25) is 0 Å². The van der Waals surface area contributed by atoms with E-state index >= 15 is 0 Å². The Labute approximate surface area is 214 Å². The maximum atomic E-state index is 6.11. The molecule has 3 aliphatic rings. The second-order valence-electron chi connectivity index (χ2n) is 10.2. The molecule has 0 aromatic carbocycles. The van der Waals surface area contributed by atoms with Gasteiger partial charge in [-0.3, -0.25) is 4.68 Å². The largest absolute Gasteiger partial charge is 0.377 e. The summed E-state index contributed by atoms with van der Waals surface area (Å²) in [5.74, 6) is 0.968. The van der Waals surface area contributed by atoms with Crippen molar-refractivity contribution < 1.29 is 9.47 Å². The fourth-order valence-corrected chi connectivity index (χ4v) is 6.30. The quantitative estimate of drug-likeness (QED) is 0.378. The Hall–Kier alpha value is -2.82. The highest BCUT2D eigenvalue weighted by Crippen LogP contribution is 2.43. The van der Waals surface area contributed by atoms with Crippen LogP contribution in [-0.4, -0.2) is 61.3 Å². The zero-order valence-corrected chi connectivity index (χ0v) is 21.6. The molecule has 4 aromatic heterocycles. The zero-order valence-electron chi connectivity index (χ0n) is 20.8. The third-order valence-corrected chi connectivity index (χ3v) is 8.31. The lowest BCUT2D eigenvalue weighted by atomic mass is 10.1. The van der Waals surface area contributed by atoms with Crippen molar-refractivity contribution in [3.8, 4) is 22.6 Å². The van der Waals surface area contributed by atoms with Crippen molar-refractivity contribution in [2.75, 3.05) is 31.3 Å². The molecule has 0 bridgehead atoms. The number of aryl methyl sites for hydroxylation is 1. The van der Waals surface area contributed by atoms with E-state index in [1.165, 1.54) is 24.4 Å². The average molecular weight is 506 g/mol. The smallest absolute Gasteiger partial charge is 0.150 e. The van der Waals surface area contributed by atoms with Crippen LogP contribution in [0, 0.1) is 6.92 Å². The van der Waals surface area contributed by atoms with Crippen molar-refractivity contribution >= 4 is 27.6 Å². The van der Waals surface area contributed by atoms with Crippen LogP contribution >= 0.6 is 11.5 Å². The lowest BCUT2D eigenvalue weighted by Crippen LogP contribution is -2.44. The Morgan fingerprint density at radius 1 is 1.06 bits per heavy atom. The summed E-state index contributed by atoms with van der Waals surface area (Å²) in [5, 5.41) is 9.51. The Morgan fingerprint density at radius 2 is 1.97 bits per heavy atom. The number of anilines is 1. The van der Waals surface area contributed by atoms with Crippen LogP contribution in [0.2, 0.25) is 0 Å². The first-order chi connectivity index (χ1) is 17.7. The molecule has 10 heteroatoms. The molecule has 1 unspecified atom stereocenters. The lowest BCUT2D eigenvalue weighted by molar-refractivity contribution is -0.0385. The van der Waals surface area contributed by atoms with Gasteiger partial charge in [-0.2, -0.15) is 14.6 Å². The summed E-state index contributed by atoms with van der Waals surface area (Å²) < 4.78 is 22.1. The van der Waals surface area contributed by atoms with Gasteiger partial charge in [0.1, 0.15) is 17.0 Å². The van der Waals surface area contributed by atoms with Crippen LogP contribution in [0.5, 0.6) is 0 Å². The molecule has 3 fully saturated rings. The predicted octanol–water partition coefficient (Wildman–Crippen LogP) is 4.99. The topological polar surface area (TPSA) is 83.1 Å². The molecule has 2 aliphatic heterocycles. The van der Waals surface area contributed by atoms with Gasteiger partial charge in [0.25, 0.3) is 0 Å². The average Bonchev–Trinajstić information content (AvgIpc) is 3.29. The molecule has 9 nitrogen and oxygen atoms in total. The van der Waals surface area contributed by atoms with Gasteiger partial charge in [-0.1, -0.05) is 0 Å². The van der Waals surface area contributed by atoms with Crippen LogP contribution in [0.4, 0.5) is 5.82 Å². The fourth-order valence-electron chi connectivity index (χ4n) is 5.45. The van der Waals surface area contributed by atoms with E-state index in [-0.39, 0.29) is 12.3 Å². The molecule has 1 saturated carbocycles. The minimum atomic E-state index is -0.0579. The third kappa shape index (κ3) is 3.82. The summed E-state index contributed by atoms with van der Waals surface area (Å²) in [5.41, 5.74) is 6.04. The highest BCUT2D eigenvalue weighted by molar-refractivity contribution is 7.14. The van der Waals surface area contributed by atoms with Crippen molar-refractivity contribution in [3.63, 3.8) is 0 Å². The maximum Gasteiger partial charge on any atom is 0.150 e. The number of hydrogen-bond acceptors (Lipinski definition) is 8. The fraction of sp³-hybridized carbons (Fsp3) is 0.538. The number of fused-ring (bicyclic) bond motifs is 1. The first-order valence-corrected chi connectivity index (χ1v) is 13.8. The Bertz CT molecular complexity index is 1400. The third-order valence-electron chi connectivity index (χ3n) is 7.44. The van der Waals surface area contributed by atoms with Crippen LogP contribution in [0.3, 0.4) is 0 Å². The first kappa shape index (κ1) is 22.4. The van der Waals surface area contributed by atoms with E-state index in [1.807, 2.05) is 17.8 Å². The Morgan fingerprint density at radius 3 is 2.78 bits per heavy atom. The van der Waals surface area contributed by atoms with E-state index in [9.17, 15) is 0 Å². The van der Waals surface area contributed by atoms with E-state index in [4.69, 9.17) is 23.9 Å². The van der Waals surface area contributed by atoms with Gasteiger partial charge in [0.15, 0.2) is 6.23 Å². The summed E-state index contributed by atoms with van der Waals surface area (Å²) in [6, 6.07) is 7.22. The van der Waals surface area contributed by atoms with Crippen molar-refractivity contribution in [1.29, 1.82) is 0 Å². The molecule has 0 amide bonds. The number of morpholine rings is 1. The van der Waals surface area contributed by atoms with Gasteiger partial charge < -0.3 is 14.4 Å². The SMILES string of the molecule is Cc1cc(-c2nsc3c(-c4ccnn4C4CC4)cc(N4CCOC[C@H]4C)nc23)n(C2CCCCO2)n1. The second kappa shape index (κ2) is 8.93. The highest BCUT2D eigenvalue weighted by atomic mass is 32.1. The summed E-state index contributed by atoms with van der Waals surface area (Å²) in [4.78, 5) is 7.61. The number of nitrogens with zero attached hydrogens (tertiary/aromatic N) is 7. The number of rotatable bonds is 5. The van der Waals surface area contributed by atoms with Crippen LogP contribution in [0.1, 0.15) is 57.0 Å². The van der Waals surface area contributed by atoms with Gasteiger partial charge >= 0.3 is 0 Å². The van der Waals surface area contributed by atoms with E-state index in [0.29, 0.717) is 19.3 Å². The van der Waals surface area contributed by atoms with Crippen LogP contribution in [-0.2, 0) is 9.47 Å². The van der Waals surface area contributed by atoms with Crippen molar-refractivity contribution in [1.82, 2.24) is 28.9 Å². The Balaban J connectivity index is 1.42. The number of hydrogen-bond donors (Lipinski definition) is 0. The minimum Gasteiger partial charge on any atom is -0.377 e. The Kier molecular flexibility index (Phi) is 5.55. The molecule has 6 heterocycles. The van der Waals surface area contributed by atoms with E-state index in [2.05, 4.69) is 39.8 Å². The summed E-state index contributed by atoms with van der Waals surface area (Å²) in [6.45, 7) is 7.23. The molecule has 2 atom stereocenters. The molecule has 188 valence electrons. The standard InChI is InChI=1S/C26H31N7O2S/c1-16-13-21(33(29-16)23-5-3-4-11-35-23)24-25-26(36-30-24)19(20-8-9-27-32(20)18-6-7-18)14-22(28-25)31-10-12-34-15-17(31)2/h8-9,13-14,17-18,23H,3-7,10-12,15H2,1-2H3/t17-,23?/m1/s1. The zero-order chi connectivity index (χ0) is 24.2. The normalized spacial score (nSPS) is 23.0. The van der Waals surface area contributed by atoms with Gasteiger partial charge in [0.05, 0.1) is 47.1 Å². The monoisotopic (exact) mass is 505 g/mol. The van der Waals surface area contributed by atoms with Crippen molar-refractivity contribution in [2.45, 2.75) is 64.3 Å². The predicted molar refractivity (Wildman–Crippen MR) is 139 cm³/mol. The van der Waals surface area contributed by atoms with Crippen LogP contribution in [0.15, 0.2) is 24.4 Å². The van der Waals surface area contributed by atoms with Crippen molar-refractivity contribution in [3.05, 3.63) is 30.1 Å². The van der Waals surface area contributed by atoms with Crippen LogP contribution < -0.4 is 4.90 Å². The number of aromatic nitrogens is 6. The second-order valence-corrected chi connectivity index (χ2v) is 11.0. The first-order valence-electron chi connectivity index (χ1n) is 13.0. The molecule has 1 aliphatic carbocycles. The van der Waals surface area contributed by atoms with Gasteiger partial charge in [-0.05, 0) is 75.7 Å². The maximum absolute atomic E-state index is 6.11. The minimum absolute atomic E-state index is 0.0579. The molecule has 0 spiro atoms. The van der Waals surface area contributed by atoms with E-state index in [1.54, 1.807) is 0 Å². The van der Waals surface area contributed by atoms with Gasteiger partial charge in [-0.25, -0.2) is 9.67 Å². The summed E-state index contributed by atoms with van der Waals surface area (Å²) in [7, 11) is 0. The van der Waals surface area contributed by atoms with Crippen LogP contribution in [0.25, 0.3) is 32.9 Å². The van der Waals surface area contributed by atoms with Crippen molar-refractivity contribution in [2.24, 2.45) is 0 Å². The number of ether oxygens (including phenoxy) is 2. The number of pyridine rings is 1. The molecular weight excluding hydrogens is 474 g/mol. The van der Waals surface area contributed by atoms with Gasteiger partial charge in [0, 0.05) is 24.9 Å². The molecule has 2 saturated heterocycles. The summed E-state index contributed by atoms with van der Waals surface area (Å²) >= 11 is 1.52. The highest BCUT2D eigenvalue weighted by Gasteiger charge is 2.30. The molecule has 4 aromatic rings. The molecule has 7 rings (SSSR count). The lowest BCUT2D eigenvalue weighted by Gasteiger charge is -2.34. The molecule has 0 N–H and O–H groups in total. The van der Waals surface area contributed by atoms with Gasteiger partial charge in [-0.15, -0.1) is 0 Å². The summed E-state index contributed by atoms with van der Waals surface area (Å²) in [6.07, 6.45) is 7.44. The molecule has 0 radical (unpaired) electrons. The van der Waals surface area contributed by atoms with E-state index < -0.39 is 0 Å².